The highest BCUT2D eigenvalue weighted by molar-refractivity contribution is 5.76. The number of benzene rings is 1. The van der Waals surface area contributed by atoms with Crippen molar-refractivity contribution in [3.8, 4) is 5.75 Å². The van der Waals surface area contributed by atoms with E-state index in [0.29, 0.717) is 0 Å². The van der Waals surface area contributed by atoms with Crippen molar-refractivity contribution in [1.82, 2.24) is 9.80 Å². The Kier molecular flexibility index (Phi) is 4.95. The highest BCUT2D eigenvalue weighted by Crippen LogP contribution is 2.44. The number of likely N-dealkylation sites (tertiary alicyclic amines) is 1. The maximum Gasteiger partial charge on any atom is 0.573 e. The standard InChI is InChI=1S/C20H25F3N2O2/c21-20(22,23)27-18-8-4-14(5-9-18)15-12-16-6-7-17(13-15)25(16)19(26)24-10-2-1-3-11-24/h4-5,8-9,15-17H,1-3,6-7,10-13H2/t15-,16+,17-. The summed E-state index contributed by atoms with van der Waals surface area (Å²) in [5.74, 6) is 0.0970. The topological polar surface area (TPSA) is 32.8 Å². The molecule has 7 heteroatoms. The summed E-state index contributed by atoms with van der Waals surface area (Å²) >= 11 is 0. The fourth-order valence-corrected chi connectivity index (χ4v) is 4.95. The molecule has 0 saturated carbocycles. The summed E-state index contributed by atoms with van der Waals surface area (Å²) in [4.78, 5) is 17.1. The van der Waals surface area contributed by atoms with Gasteiger partial charge in [-0.15, -0.1) is 13.2 Å². The first kappa shape index (κ1) is 18.4. The third-order valence-electron chi connectivity index (χ3n) is 6.17. The number of nitrogens with zero attached hydrogens (tertiary/aromatic N) is 2. The van der Waals surface area contributed by atoms with E-state index in [9.17, 15) is 18.0 Å². The van der Waals surface area contributed by atoms with Gasteiger partial charge < -0.3 is 14.5 Å². The van der Waals surface area contributed by atoms with Crippen LogP contribution in [0.1, 0.15) is 56.4 Å². The monoisotopic (exact) mass is 382 g/mol. The number of rotatable bonds is 2. The molecule has 0 unspecified atom stereocenters. The van der Waals surface area contributed by atoms with Gasteiger partial charge in [0, 0.05) is 25.2 Å². The van der Waals surface area contributed by atoms with Gasteiger partial charge >= 0.3 is 12.4 Å². The van der Waals surface area contributed by atoms with Crippen molar-refractivity contribution in [2.75, 3.05) is 13.1 Å². The van der Waals surface area contributed by atoms with Crippen molar-refractivity contribution in [3.05, 3.63) is 29.8 Å². The van der Waals surface area contributed by atoms with Gasteiger partial charge in [0.15, 0.2) is 0 Å². The molecule has 148 valence electrons. The fraction of sp³-hybridized carbons (Fsp3) is 0.650. The summed E-state index contributed by atoms with van der Waals surface area (Å²) in [6.45, 7) is 1.72. The lowest BCUT2D eigenvalue weighted by molar-refractivity contribution is -0.274. The van der Waals surface area contributed by atoms with Crippen LogP contribution >= 0.6 is 0 Å². The van der Waals surface area contributed by atoms with E-state index in [2.05, 4.69) is 9.64 Å². The summed E-state index contributed by atoms with van der Waals surface area (Å²) < 4.78 is 40.9. The van der Waals surface area contributed by atoms with E-state index in [4.69, 9.17) is 0 Å². The van der Waals surface area contributed by atoms with Gasteiger partial charge in [-0.2, -0.15) is 0 Å². The van der Waals surface area contributed by atoms with Crippen molar-refractivity contribution >= 4 is 6.03 Å². The van der Waals surface area contributed by atoms with Crippen molar-refractivity contribution in [2.45, 2.75) is 69.3 Å². The Balaban J connectivity index is 1.41. The van der Waals surface area contributed by atoms with Gasteiger partial charge in [-0.3, -0.25) is 0 Å². The zero-order valence-electron chi connectivity index (χ0n) is 15.3. The third-order valence-corrected chi connectivity index (χ3v) is 6.17. The Bertz CT molecular complexity index is 657. The van der Waals surface area contributed by atoms with E-state index in [0.717, 1.165) is 57.2 Å². The normalized spacial score (nSPS) is 28.3. The largest absolute Gasteiger partial charge is 0.573 e. The average molecular weight is 382 g/mol. The molecule has 1 aromatic rings. The van der Waals surface area contributed by atoms with Gasteiger partial charge in [-0.1, -0.05) is 12.1 Å². The quantitative estimate of drug-likeness (QED) is 0.729. The molecule has 0 aliphatic carbocycles. The zero-order chi connectivity index (χ0) is 19.0. The number of urea groups is 1. The van der Waals surface area contributed by atoms with Crippen molar-refractivity contribution < 1.29 is 22.7 Å². The summed E-state index contributed by atoms with van der Waals surface area (Å²) in [5.41, 5.74) is 1.03. The molecule has 1 aromatic carbocycles. The highest BCUT2D eigenvalue weighted by Gasteiger charge is 2.44. The van der Waals surface area contributed by atoms with Crippen LogP contribution < -0.4 is 4.74 Å². The molecule has 4 nitrogen and oxygen atoms in total. The lowest BCUT2D eigenvalue weighted by atomic mass is 9.85. The van der Waals surface area contributed by atoms with Crippen LogP contribution in [0.15, 0.2) is 24.3 Å². The van der Waals surface area contributed by atoms with Crippen LogP contribution in [0.25, 0.3) is 0 Å². The minimum Gasteiger partial charge on any atom is -0.406 e. The first-order valence-electron chi connectivity index (χ1n) is 9.83. The number of alkyl halides is 3. The predicted octanol–water partition coefficient (Wildman–Crippen LogP) is 4.90. The number of ether oxygens (including phenoxy) is 1. The number of piperidine rings is 2. The molecule has 3 saturated heterocycles. The van der Waals surface area contributed by atoms with Gasteiger partial charge in [0.1, 0.15) is 5.75 Å². The molecule has 27 heavy (non-hydrogen) atoms. The van der Waals surface area contributed by atoms with Crippen LogP contribution in [-0.2, 0) is 0 Å². The second-order valence-electron chi connectivity index (χ2n) is 7.91. The molecule has 3 heterocycles. The third kappa shape index (κ3) is 4.01. The molecule has 4 rings (SSSR count). The van der Waals surface area contributed by atoms with Gasteiger partial charge in [-0.25, -0.2) is 4.79 Å². The Morgan fingerprint density at radius 1 is 0.963 bits per heavy atom. The molecule has 2 bridgehead atoms. The lowest BCUT2D eigenvalue weighted by Gasteiger charge is -2.42. The molecule has 0 N–H and O–H groups in total. The number of hydrogen-bond acceptors (Lipinski definition) is 2. The molecule has 3 atom stereocenters. The molecule has 0 radical (unpaired) electrons. The van der Waals surface area contributed by atoms with Gasteiger partial charge in [-0.05, 0) is 68.6 Å². The summed E-state index contributed by atoms with van der Waals surface area (Å²) in [5, 5.41) is 0. The molecular weight excluding hydrogens is 357 g/mol. The van der Waals surface area contributed by atoms with Crippen molar-refractivity contribution in [1.29, 1.82) is 0 Å². The maximum atomic E-state index is 13.0. The first-order chi connectivity index (χ1) is 12.9. The predicted molar refractivity (Wildman–Crippen MR) is 94.6 cm³/mol. The Morgan fingerprint density at radius 3 is 2.11 bits per heavy atom. The van der Waals surface area contributed by atoms with E-state index in [1.807, 2.05) is 4.90 Å². The minimum atomic E-state index is -4.67. The molecular formula is C20H25F3N2O2. The van der Waals surface area contributed by atoms with E-state index < -0.39 is 6.36 Å². The van der Waals surface area contributed by atoms with E-state index in [-0.39, 0.29) is 29.8 Å². The van der Waals surface area contributed by atoms with E-state index in [1.54, 1.807) is 12.1 Å². The van der Waals surface area contributed by atoms with Crippen LogP contribution in [0.2, 0.25) is 0 Å². The SMILES string of the molecule is O=C(N1CCCCC1)N1[C@@H]2CC[C@H]1C[C@@H](c1ccc(OC(F)(F)F)cc1)C2. The fourth-order valence-electron chi connectivity index (χ4n) is 4.95. The number of hydrogen-bond donors (Lipinski definition) is 0. The summed E-state index contributed by atoms with van der Waals surface area (Å²) in [6.07, 6.45) is 2.53. The highest BCUT2D eigenvalue weighted by atomic mass is 19.4. The van der Waals surface area contributed by atoms with Gasteiger partial charge in [0.25, 0.3) is 0 Å². The molecule has 3 aliphatic heterocycles. The van der Waals surface area contributed by atoms with Crippen LogP contribution in [0.5, 0.6) is 5.75 Å². The van der Waals surface area contributed by atoms with Crippen LogP contribution in [0.3, 0.4) is 0 Å². The molecule has 0 spiro atoms. The van der Waals surface area contributed by atoms with Crippen molar-refractivity contribution in [3.63, 3.8) is 0 Å². The smallest absolute Gasteiger partial charge is 0.406 e. The zero-order valence-corrected chi connectivity index (χ0v) is 15.3. The van der Waals surface area contributed by atoms with E-state index in [1.165, 1.54) is 18.6 Å². The number of halogens is 3. The Morgan fingerprint density at radius 2 is 1.56 bits per heavy atom. The number of amides is 2. The lowest BCUT2D eigenvalue weighted by Crippen LogP contribution is -2.53. The first-order valence-corrected chi connectivity index (χ1v) is 9.83. The molecule has 3 aliphatic rings. The number of carbonyl (C=O) groups is 1. The molecule has 2 amide bonds. The van der Waals surface area contributed by atoms with Gasteiger partial charge in [0.05, 0.1) is 0 Å². The second kappa shape index (κ2) is 7.24. The Hall–Kier alpha value is -1.92. The molecule has 0 aromatic heterocycles. The Labute approximate surface area is 157 Å². The summed E-state index contributed by atoms with van der Waals surface area (Å²) in [7, 11) is 0. The minimum absolute atomic E-state index is 0.188. The van der Waals surface area contributed by atoms with E-state index >= 15 is 0 Å². The second-order valence-corrected chi connectivity index (χ2v) is 7.91. The van der Waals surface area contributed by atoms with Gasteiger partial charge in [0.2, 0.25) is 0 Å². The maximum absolute atomic E-state index is 13.0. The average Bonchev–Trinajstić information content (AvgIpc) is 2.90. The number of fused-ring (bicyclic) bond motifs is 2. The van der Waals surface area contributed by atoms with Crippen LogP contribution in [0, 0.1) is 0 Å². The van der Waals surface area contributed by atoms with Crippen LogP contribution in [-0.4, -0.2) is 47.4 Å². The number of carbonyl (C=O) groups excluding carboxylic acids is 1. The molecule has 3 fully saturated rings. The van der Waals surface area contributed by atoms with Crippen LogP contribution in [0.4, 0.5) is 18.0 Å². The van der Waals surface area contributed by atoms with Crippen molar-refractivity contribution in [2.24, 2.45) is 0 Å². The summed E-state index contributed by atoms with van der Waals surface area (Å²) in [6, 6.07) is 6.91.